The number of nitrogens with one attached hydrogen (secondary N) is 2. The summed E-state index contributed by atoms with van der Waals surface area (Å²) in [6.45, 7) is 4.54. The van der Waals surface area contributed by atoms with E-state index in [2.05, 4.69) is 44.8 Å². The lowest BCUT2D eigenvalue weighted by Crippen LogP contribution is -2.42. The Hall–Kier alpha value is -1.85. The molecule has 2 N–H and O–H groups in total. The third-order valence-electron chi connectivity index (χ3n) is 4.80. The Morgan fingerprint density at radius 3 is 2.42 bits per heavy atom. The number of benzene rings is 1. The minimum Gasteiger partial charge on any atom is -0.371 e. The van der Waals surface area contributed by atoms with Crippen molar-refractivity contribution in [1.82, 2.24) is 20.2 Å². The summed E-state index contributed by atoms with van der Waals surface area (Å²) < 4.78 is 2.04. The van der Waals surface area contributed by atoms with Crippen LogP contribution in [-0.2, 0) is 0 Å². The van der Waals surface area contributed by atoms with E-state index in [-0.39, 0.29) is 0 Å². The summed E-state index contributed by atoms with van der Waals surface area (Å²) in [7, 11) is 2.02. The van der Waals surface area contributed by atoms with Crippen molar-refractivity contribution in [2.75, 3.05) is 38.1 Å². The molecule has 0 spiro atoms. The number of hydrogen-bond donors (Lipinski definition) is 2. The fraction of sp³-hybridized carbons (Fsp3) is 0.526. The number of rotatable bonds is 8. The van der Waals surface area contributed by atoms with Crippen LogP contribution in [0.1, 0.15) is 25.7 Å². The van der Waals surface area contributed by atoms with Gasteiger partial charge in [-0.25, -0.2) is 4.98 Å². The van der Waals surface area contributed by atoms with Crippen molar-refractivity contribution in [3.8, 4) is 5.69 Å². The molecule has 0 bridgehead atoms. The SMILES string of the molecule is CNCCCCNC1CCN(c2ccc(-n3ccnc3)cc2)CC1. The Balaban J connectivity index is 1.43. The van der Waals surface area contributed by atoms with Crippen LogP contribution in [0.3, 0.4) is 0 Å². The van der Waals surface area contributed by atoms with Gasteiger partial charge < -0.3 is 20.1 Å². The minimum absolute atomic E-state index is 0.682. The van der Waals surface area contributed by atoms with Gasteiger partial charge in [0.1, 0.15) is 0 Å². The van der Waals surface area contributed by atoms with Crippen molar-refractivity contribution >= 4 is 5.69 Å². The summed E-state index contributed by atoms with van der Waals surface area (Å²) in [6, 6.07) is 9.47. The van der Waals surface area contributed by atoms with Crippen LogP contribution in [0.5, 0.6) is 0 Å². The van der Waals surface area contributed by atoms with Gasteiger partial charge in [-0.3, -0.25) is 0 Å². The Kier molecular flexibility index (Phi) is 6.26. The first-order valence-electron chi connectivity index (χ1n) is 9.08. The van der Waals surface area contributed by atoms with Crippen molar-refractivity contribution in [3.63, 3.8) is 0 Å². The molecule has 3 rings (SSSR count). The van der Waals surface area contributed by atoms with E-state index in [0.29, 0.717) is 6.04 Å². The molecule has 0 aliphatic carbocycles. The van der Waals surface area contributed by atoms with Crippen LogP contribution in [0.4, 0.5) is 5.69 Å². The van der Waals surface area contributed by atoms with Crippen molar-refractivity contribution in [2.24, 2.45) is 0 Å². The molecule has 0 amide bonds. The van der Waals surface area contributed by atoms with E-state index in [9.17, 15) is 0 Å². The van der Waals surface area contributed by atoms with Gasteiger partial charge in [-0.2, -0.15) is 0 Å². The first kappa shape index (κ1) is 17.0. The van der Waals surface area contributed by atoms with Crippen LogP contribution in [0, 0.1) is 0 Å². The largest absolute Gasteiger partial charge is 0.371 e. The number of aromatic nitrogens is 2. The van der Waals surface area contributed by atoms with Gasteiger partial charge >= 0.3 is 0 Å². The molecule has 0 radical (unpaired) electrons. The topological polar surface area (TPSA) is 45.1 Å². The predicted octanol–water partition coefficient (Wildman–Crippen LogP) is 2.43. The number of anilines is 1. The van der Waals surface area contributed by atoms with E-state index in [1.54, 1.807) is 0 Å². The molecule has 1 aliphatic rings. The highest BCUT2D eigenvalue weighted by Gasteiger charge is 2.18. The lowest BCUT2D eigenvalue weighted by molar-refractivity contribution is 0.410. The van der Waals surface area contributed by atoms with Crippen LogP contribution < -0.4 is 15.5 Å². The molecule has 1 fully saturated rings. The van der Waals surface area contributed by atoms with Gasteiger partial charge in [0.2, 0.25) is 0 Å². The van der Waals surface area contributed by atoms with Gasteiger partial charge in [0.25, 0.3) is 0 Å². The normalized spacial score (nSPS) is 15.8. The smallest absolute Gasteiger partial charge is 0.0991 e. The number of hydrogen-bond acceptors (Lipinski definition) is 4. The van der Waals surface area contributed by atoms with E-state index >= 15 is 0 Å². The van der Waals surface area contributed by atoms with Gasteiger partial charge in [-0.05, 0) is 70.1 Å². The second kappa shape index (κ2) is 8.85. The van der Waals surface area contributed by atoms with Crippen molar-refractivity contribution < 1.29 is 0 Å². The average molecular weight is 327 g/mol. The van der Waals surface area contributed by atoms with Gasteiger partial charge in [0.05, 0.1) is 6.33 Å². The van der Waals surface area contributed by atoms with Crippen molar-refractivity contribution in [1.29, 1.82) is 0 Å². The highest BCUT2D eigenvalue weighted by atomic mass is 15.1. The molecule has 1 aromatic carbocycles. The maximum absolute atomic E-state index is 4.10. The average Bonchev–Trinajstić information content (AvgIpc) is 3.17. The molecule has 2 aromatic rings. The molecule has 130 valence electrons. The number of imidazole rings is 1. The second-order valence-corrected chi connectivity index (χ2v) is 6.51. The van der Waals surface area contributed by atoms with Crippen molar-refractivity contribution in [3.05, 3.63) is 43.0 Å². The van der Waals surface area contributed by atoms with Gasteiger partial charge in [0.15, 0.2) is 0 Å². The second-order valence-electron chi connectivity index (χ2n) is 6.51. The molecule has 24 heavy (non-hydrogen) atoms. The summed E-state index contributed by atoms with van der Waals surface area (Å²) >= 11 is 0. The highest BCUT2D eigenvalue weighted by Crippen LogP contribution is 2.21. The predicted molar refractivity (Wildman–Crippen MR) is 100.0 cm³/mol. The maximum Gasteiger partial charge on any atom is 0.0991 e. The molecule has 0 saturated carbocycles. The molecule has 1 aromatic heterocycles. The first-order chi connectivity index (χ1) is 11.9. The highest BCUT2D eigenvalue weighted by molar-refractivity contribution is 5.51. The zero-order valence-electron chi connectivity index (χ0n) is 14.6. The zero-order chi connectivity index (χ0) is 16.6. The van der Waals surface area contributed by atoms with E-state index in [4.69, 9.17) is 0 Å². The molecule has 1 saturated heterocycles. The van der Waals surface area contributed by atoms with Crippen LogP contribution in [-0.4, -0.2) is 48.8 Å². The lowest BCUT2D eigenvalue weighted by atomic mass is 10.0. The van der Waals surface area contributed by atoms with Crippen LogP contribution >= 0.6 is 0 Å². The molecule has 5 heteroatoms. The van der Waals surface area contributed by atoms with E-state index in [1.807, 2.05) is 30.3 Å². The van der Waals surface area contributed by atoms with Crippen LogP contribution in [0.25, 0.3) is 5.69 Å². The van der Waals surface area contributed by atoms with Crippen molar-refractivity contribution in [2.45, 2.75) is 31.7 Å². The van der Waals surface area contributed by atoms with Gasteiger partial charge in [-0.1, -0.05) is 0 Å². The first-order valence-corrected chi connectivity index (χ1v) is 9.08. The minimum atomic E-state index is 0.682. The summed E-state index contributed by atoms with van der Waals surface area (Å²) in [4.78, 5) is 6.60. The number of unbranched alkanes of at least 4 members (excludes halogenated alkanes) is 1. The Bertz CT molecular complexity index is 570. The Labute approximate surface area is 145 Å². The maximum atomic E-state index is 4.10. The van der Waals surface area contributed by atoms with E-state index in [0.717, 1.165) is 31.9 Å². The Morgan fingerprint density at radius 2 is 1.75 bits per heavy atom. The standard InChI is InChI=1S/C19H29N5/c1-20-10-2-3-11-22-17-8-13-23(14-9-17)18-4-6-19(7-5-18)24-15-12-21-16-24/h4-7,12,15-17,20,22H,2-3,8-11,13-14H2,1H3. The quantitative estimate of drug-likeness (QED) is 0.731. The molecule has 0 atom stereocenters. The Morgan fingerprint density at radius 1 is 1.04 bits per heavy atom. The third kappa shape index (κ3) is 4.58. The monoisotopic (exact) mass is 327 g/mol. The zero-order valence-corrected chi connectivity index (χ0v) is 14.6. The third-order valence-corrected chi connectivity index (χ3v) is 4.80. The lowest BCUT2D eigenvalue weighted by Gasteiger charge is -2.34. The fourth-order valence-corrected chi connectivity index (χ4v) is 3.32. The van der Waals surface area contributed by atoms with Gasteiger partial charge in [0, 0.05) is 42.9 Å². The van der Waals surface area contributed by atoms with Gasteiger partial charge in [-0.15, -0.1) is 0 Å². The summed E-state index contributed by atoms with van der Waals surface area (Å²) in [6.07, 6.45) is 10.6. The van der Waals surface area contributed by atoms with E-state index < -0.39 is 0 Å². The fourth-order valence-electron chi connectivity index (χ4n) is 3.32. The van der Waals surface area contributed by atoms with E-state index in [1.165, 1.54) is 31.4 Å². The summed E-state index contributed by atoms with van der Waals surface area (Å²) in [5.41, 5.74) is 2.49. The molecule has 5 nitrogen and oxygen atoms in total. The molecule has 2 heterocycles. The number of piperidine rings is 1. The van der Waals surface area contributed by atoms with Crippen LogP contribution in [0.15, 0.2) is 43.0 Å². The molecular formula is C19H29N5. The molecule has 1 aliphatic heterocycles. The molecular weight excluding hydrogens is 298 g/mol. The summed E-state index contributed by atoms with van der Waals surface area (Å²) in [5.74, 6) is 0. The summed E-state index contributed by atoms with van der Waals surface area (Å²) in [5, 5.41) is 6.92. The number of nitrogens with zero attached hydrogens (tertiary/aromatic N) is 3. The van der Waals surface area contributed by atoms with Crippen LogP contribution in [0.2, 0.25) is 0 Å². The molecule has 0 unspecified atom stereocenters.